The molecule has 68 valence electrons. The third kappa shape index (κ3) is 8.38. The van der Waals surface area contributed by atoms with Crippen LogP contribution in [0.5, 0.6) is 0 Å². The summed E-state index contributed by atoms with van der Waals surface area (Å²) < 4.78 is 0. The van der Waals surface area contributed by atoms with Crippen molar-refractivity contribution in [1.82, 2.24) is 5.32 Å². The molecule has 0 fully saturated rings. The largest absolute Gasteiger partial charge is 1.00 e. The molecule has 0 rings (SSSR count). The van der Waals surface area contributed by atoms with Crippen LogP contribution in [0, 0.1) is 0 Å². The molecule has 0 saturated heterocycles. The van der Waals surface area contributed by atoms with E-state index in [0.717, 1.165) is 6.92 Å². The molecule has 7 heteroatoms. The molecule has 0 aliphatic carbocycles. The molecule has 3 N–H and O–H groups in total. The van der Waals surface area contributed by atoms with E-state index in [0.29, 0.717) is 0 Å². The fourth-order valence-electron chi connectivity index (χ4n) is 0.640. The summed E-state index contributed by atoms with van der Waals surface area (Å²) in [6.45, 7) is 1.14. The van der Waals surface area contributed by atoms with Crippen LogP contribution in [0.25, 0.3) is 0 Å². The number of carboxylic acids is 1. The maximum Gasteiger partial charge on any atom is 1.00 e. The molecule has 2 amide bonds. The molecule has 0 aromatic carbocycles. The van der Waals surface area contributed by atoms with Crippen LogP contribution in [0.3, 0.4) is 0 Å². The first kappa shape index (κ1) is 15.5. The van der Waals surface area contributed by atoms with Crippen molar-refractivity contribution in [3.8, 4) is 0 Å². The number of aliphatic carboxylic acids is 1. The third-order valence-electron chi connectivity index (χ3n) is 1.07. The number of amides is 2. The van der Waals surface area contributed by atoms with E-state index in [4.69, 9.17) is 5.73 Å². The standard InChI is InChI=1S/C6H10N2O4.K/c1-3(9)8-4(6(11)12)2-5(7)10;/h4H,2H2,1H3,(H2,7,10)(H,8,9)(H,11,12);/q;+1/p-1/t4-;/m0./s1. The quantitative estimate of drug-likeness (QED) is 0.452. The number of hydrogen-bond donors (Lipinski definition) is 2. The number of nitrogens with two attached hydrogens (primary N) is 1. The average Bonchev–Trinajstić information content (AvgIpc) is 1.83. The Labute approximate surface area is 118 Å². The molecule has 0 bridgehead atoms. The Kier molecular flexibility index (Phi) is 8.89. The zero-order valence-electron chi connectivity index (χ0n) is 7.49. The Morgan fingerprint density at radius 2 is 1.92 bits per heavy atom. The minimum atomic E-state index is -1.52. The van der Waals surface area contributed by atoms with Gasteiger partial charge in [-0.1, -0.05) is 0 Å². The summed E-state index contributed by atoms with van der Waals surface area (Å²) in [6, 6.07) is -1.33. The average molecular weight is 212 g/mol. The van der Waals surface area contributed by atoms with Crippen LogP contribution in [0.1, 0.15) is 13.3 Å². The minimum Gasteiger partial charge on any atom is -0.548 e. The Morgan fingerprint density at radius 1 is 1.46 bits per heavy atom. The number of primary amides is 1. The summed E-state index contributed by atoms with van der Waals surface area (Å²) >= 11 is 0. The molecule has 6 nitrogen and oxygen atoms in total. The summed E-state index contributed by atoms with van der Waals surface area (Å²) in [5.74, 6) is -2.88. The summed E-state index contributed by atoms with van der Waals surface area (Å²) in [6.07, 6.45) is -0.456. The van der Waals surface area contributed by atoms with Gasteiger partial charge in [-0.05, 0) is 0 Å². The van der Waals surface area contributed by atoms with Crippen molar-refractivity contribution in [3.63, 3.8) is 0 Å². The van der Waals surface area contributed by atoms with Crippen molar-refractivity contribution in [1.29, 1.82) is 0 Å². The van der Waals surface area contributed by atoms with Crippen LogP contribution in [0.2, 0.25) is 0 Å². The number of carbonyl (C=O) groups is 3. The zero-order chi connectivity index (χ0) is 9.72. The molecule has 0 aliphatic heterocycles. The number of carbonyl (C=O) groups excluding carboxylic acids is 3. The normalized spacial score (nSPS) is 10.8. The minimum absolute atomic E-state index is 0. The predicted molar refractivity (Wildman–Crippen MR) is 36.4 cm³/mol. The van der Waals surface area contributed by atoms with Gasteiger partial charge in [-0.15, -0.1) is 0 Å². The smallest absolute Gasteiger partial charge is 0.548 e. The van der Waals surface area contributed by atoms with Gasteiger partial charge >= 0.3 is 51.4 Å². The SMILES string of the molecule is CC(=O)N[C@@H](CC(N)=O)C(=O)[O-].[K+]. The monoisotopic (exact) mass is 212 g/mol. The number of hydrogen-bond acceptors (Lipinski definition) is 4. The van der Waals surface area contributed by atoms with Gasteiger partial charge in [0.05, 0.1) is 18.4 Å². The molecule has 0 aliphatic rings. The van der Waals surface area contributed by atoms with Crippen LogP contribution in [0.15, 0.2) is 0 Å². The molecular weight excluding hydrogens is 203 g/mol. The van der Waals surface area contributed by atoms with E-state index in [1.54, 1.807) is 0 Å². The molecule has 0 saturated carbocycles. The molecule has 0 unspecified atom stereocenters. The van der Waals surface area contributed by atoms with E-state index in [1.807, 2.05) is 5.32 Å². The van der Waals surface area contributed by atoms with E-state index < -0.39 is 30.2 Å². The molecule has 0 aromatic heterocycles. The van der Waals surface area contributed by atoms with Crippen LogP contribution in [0.4, 0.5) is 0 Å². The fourth-order valence-corrected chi connectivity index (χ4v) is 0.640. The Bertz CT molecular complexity index is 203. The summed E-state index contributed by atoms with van der Waals surface area (Å²) in [5, 5.41) is 12.2. The molecule has 0 heterocycles. The maximum atomic E-state index is 10.4. The van der Waals surface area contributed by atoms with Crippen LogP contribution >= 0.6 is 0 Å². The molecule has 0 spiro atoms. The number of nitrogens with one attached hydrogen (secondary N) is 1. The molecule has 13 heavy (non-hydrogen) atoms. The fraction of sp³-hybridized carbons (Fsp3) is 0.500. The second-order valence-electron chi connectivity index (χ2n) is 2.24. The second kappa shape index (κ2) is 7.45. The second-order valence-corrected chi connectivity index (χ2v) is 2.24. The van der Waals surface area contributed by atoms with Crippen molar-refractivity contribution in [3.05, 3.63) is 0 Å². The summed E-state index contributed by atoms with van der Waals surface area (Å²) in [5.41, 5.74) is 4.73. The van der Waals surface area contributed by atoms with E-state index >= 15 is 0 Å². The van der Waals surface area contributed by atoms with Gasteiger partial charge in [-0.2, -0.15) is 0 Å². The van der Waals surface area contributed by atoms with Crippen molar-refractivity contribution in [2.24, 2.45) is 5.73 Å². The van der Waals surface area contributed by atoms with Gasteiger partial charge in [0.15, 0.2) is 0 Å². The van der Waals surface area contributed by atoms with Gasteiger partial charge in [0.25, 0.3) is 0 Å². The van der Waals surface area contributed by atoms with Crippen LogP contribution in [-0.2, 0) is 14.4 Å². The molecule has 0 radical (unpaired) electrons. The first-order valence-corrected chi connectivity index (χ1v) is 3.19. The number of carboxylic acid groups (broad SMARTS) is 1. The van der Waals surface area contributed by atoms with Gasteiger partial charge < -0.3 is 21.0 Å². The third-order valence-corrected chi connectivity index (χ3v) is 1.07. The molecule has 1 atom stereocenters. The molecule has 0 aromatic rings. The summed E-state index contributed by atoms with van der Waals surface area (Å²) in [7, 11) is 0. The zero-order valence-corrected chi connectivity index (χ0v) is 10.6. The van der Waals surface area contributed by atoms with Crippen molar-refractivity contribution in [2.45, 2.75) is 19.4 Å². The van der Waals surface area contributed by atoms with Gasteiger partial charge in [0.2, 0.25) is 11.8 Å². The first-order valence-electron chi connectivity index (χ1n) is 3.19. The van der Waals surface area contributed by atoms with Crippen LogP contribution in [-0.4, -0.2) is 23.8 Å². The van der Waals surface area contributed by atoms with Gasteiger partial charge in [0.1, 0.15) is 0 Å². The van der Waals surface area contributed by atoms with Gasteiger partial charge in [0, 0.05) is 6.92 Å². The van der Waals surface area contributed by atoms with Gasteiger partial charge in [-0.3, -0.25) is 9.59 Å². The molecular formula is C6H9KN2O4. The Balaban J connectivity index is 0. The van der Waals surface area contributed by atoms with E-state index in [1.165, 1.54) is 0 Å². The van der Waals surface area contributed by atoms with Crippen molar-refractivity contribution in [2.75, 3.05) is 0 Å². The van der Waals surface area contributed by atoms with Gasteiger partial charge in [-0.25, -0.2) is 0 Å². The van der Waals surface area contributed by atoms with Crippen LogP contribution < -0.4 is 67.5 Å². The Morgan fingerprint density at radius 3 is 2.15 bits per heavy atom. The first-order chi connectivity index (χ1) is 5.43. The van der Waals surface area contributed by atoms with E-state index in [9.17, 15) is 19.5 Å². The predicted octanol–water partition coefficient (Wildman–Crippen LogP) is -5.88. The number of rotatable bonds is 4. The summed E-state index contributed by atoms with van der Waals surface area (Å²) in [4.78, 5) is 30.9. The maximum absolute atomic E-state index is 10.4. The van der Waals surface area contributed by atoms with E-state index in [2.05, 4.69) is 0 Å². The van der Waals surface area contributed by atoms with Crippen molar-refractivity contribution < 1.29 is 70.9 Å². The van der Waals surface area contributed by atoms with Crippen molar-refractivity contribution >= 4 is 17.8 Å². The van der Waals surface area contributed by atoms with E-state index in [-0.39, 0.29) is 51.4 Å². The Hall–Kier alpha value is 0.0464. The topological polar surface area (TPSA) is 112 Å².